The number of amides is 1. The SMILES string of the molecule is CCCCCCCCCCCCNC(=O)c1cc(Cl)ccc1Cl. The zero-order valence-corrected chi connectivity index (χ0v) is 15.7. The van der Waals surface area contributed by atoms with Crippen molar-refractivity contribution in [3.63, 3.8) is 0 Å². The smallest absolute Gasteiger partial charge is 0.252 e. The third kappa shape index (κ3) is 9.22. The van der Waals surface area contributed by atoms with Gasteiger partial charge in [0.25, 0.3) is 5.91 Å². The first-order valence-corrected chi connectivity index (χ1v) is 9.64. The normalized spacial score (nSPS) is 10.7. The summed E-state index contributed by atoms with van der Waals surface area (Å²) in [5, 5.41) is 3.88. The van der Waals surface area contributed by atoms with Crippen LogP contribution in [0.4, 0.5) is 0 Å². The minimum absolute atomic E-state index is 0.145. The van der Waals surface area contributed by atoms with E-state index in [-0.39, 0.29) is 5.91 Å². The lowest BCUT2D eigenvalue weighted by atomic mass is 10.1. The number of halogens is 2. The summed E-state index contributed by atoms with van der Waals surface area (Å²) < 4.78 is 0. The second kappa shape index (κ2) is 12.7. The van der Waals surface area contributed by atoms with Gasteiger partial charge in [-0.2, -0.15) is 0 Å². The molecule has 1 aromatic carbocycles. The highest BCUT2D eigenvalue weighted by Gasteiger charge is 2.10. The minimum atomic E-state index is -0.145. The van der Waals surface area contributed by atoms with Gasteiger partial charge in [-0.05, 0) is 24.6 Å². The summed E-state index contributed by atoms with van der Waals surface area (Å²) in [5.74, 6) is -0.145. The molecule has 1 rings (SSSR count). The molecule has 1 N–H and O–H groups in total. The van der Waals surface area contributed by atoms with E-state index in [2.05, 4.69) is 12.2 Å². The van der Waals surface area contributed by atoms with E-state index in [1.54, 1.807) is 18.2 Å². The quantitative estimate of drug-likeness (QED) is 0.417. The minimum Gasteiger partial charge on any atom is -0.352 e. The number of carbonyl (C=O) groups is 1. The summed E-state index contributed by atoms with van der Waals surface area (Å²) in [4.78, 5) is 12.0. The van der Waals surface area contributed by atoms with Crippen LogP contribution in [0.15, 0.2) is 18.2 Å². The number of carbonyl (C=O) groups excluding carboxylic acids is 1. The molecular formula is C19H29Cl2NO. The van der Waals surface area contributed by atoms with E-state index in [0.717, 1.165) is 6.42 Å². The van der Waals surface area contributed by atoms with Crippen LogP contribution in [0.1, 0.15) is 81.5 Å². The van der Waals surface area contributed by atoms with Crippen LogP contribution in [0.3, 0.4) is 0 Å². The summed E-state index contributed by atoms with van der Waals surface area (Å²) in [6.07, 6.45) is 12.9. The average molecular weight is 358 g/mol. The molecule has 4 heteroatoms. The zero-order valence-electron chi connectivity index (χ0n) is 14.2. The van der Waals surface area contributed by atoms with Crippen LogP contribution in [0.2, 0.25) is 10.0 Å². The highest BCUT2D eigenvalue weighted by Crippen LogP contribution is 2.20. The first-order chi connectivity index (χ1) is 11.1. The molecule has 1 aromatic rings. The summed E-state index contributed by atoms with van der Waals surface area (Å²) in [5.41, 5.74) is 0.450. The fraction of sp³-hybridized carbons (Fsp3) is 0.632. The molecule has 0 aromatic heterocycles. The topological polar surface area (TPSA) is 29.1 Å². The number of hydrogen-bond donors (Lipinski definition) is 1. The molecule has 2 nitrogen and oxygen atoms in total. The Labute approximate surface area is 150 Å². The molecule has 0 fully saturated rings. The Bertz CT molecular complexity index is 463. The van der Waals surface area contributed by atoms with Crippen LogP contribution >= 0.6 is 23.2 Å². The van der Waals surface area contributed by atoms with Crippen LogP contribution in [0.5, 0.6) is 0 Å². The Morgan fingerprint density at radius 2 is 1.48 bits per heavy atom. The first kappa shape index (κ1) is 20.3. The second-order valence-corrected chi connectivity index (χ2v) is 6.91. The lowest BCUT2D eigenvalue weighted by Crippen LogP contribution is -2.24. The second-order valence-electron chi connectivity index (χ2n) is 6.06. The molecule has 0 heterocycles. The van der Waals surface area contributed by atoms with E-state index in [1.165, 1.54) is 57.8 Å². The van der Waals surface area contributed by atoms with E-state index in [4.69, 9.17) is 23.2 Å². The lowest BCUT2D eigenvalue weighted by molar-refractivity contribution is 0.0953. The number of nitrogens with one attached hydrogen (secondary N) is 1. The number of benzene rings is 1. The maximum Gasteiger partial charge on any atom is 0.252 e. The van der Waals surface area contributed by atoms with E-state index in [0.29, 0.717) is 22.2 Å². The van der Waals surface area contributed by atoms with Gasteiger partial charge in [0, 0.05) is 11.6 Å². The van der Waals surface area contributed by atoms with Crippen molar-refractivity contribution in [2.24, 2.45) is 0 Å². The molecular weight excluding hydrogens is 329 g/mol. The predicted molar refractivity (Wildman–Crippen MR) is 101 cm³/mol. The molecule has 0 aliphatic heterocycles. The molecule has 0 unspecified atom stereocenters. The molecule has 0 radical (unpaired) electrons. The molecule has 0 aliphatic carbocycles. The Hall–Kier alpha value is -0.730. The number of hydrogen-bond acceptors (Lipinski definition) is 1. The van der Waals surface area contributed by atoms with Crippen molar-refractivity contribution in [1.29, 1.82) is 0 Å². The van der Waals surface area contributed by atoms with Crippen molar-refractivity contribution in [2.45, 2.75) is 71.1 Å². The Morgan fingerprint density at radius 3 is 2.09 bits per heavy atom. The maximum atomic E-state index is 12.0. The van der Waals surface area contributed by atoms with Gasteiger partial charge in [0.05, 0.1) is 10.6 Å². The Kier molecular flexibility index (Phi) is 11.2. The molecule has 0 saturated heterocycles. The number of rotatable bonds is 12. The van der Waals surface area contributed by atoms with Gasteiger partial charge in [0.15, 0.2) is 0 Å². The Balaban J connectivity index is 2.02. The van der Waals surface area contributed by atoms with Crippen LogP contribution in [0, 0.1) is 0 Å². The highest BCUT2D eigenvalue weighted by atomic mass is 35.5. The monoisotopic (exact) mass is 357 g/mol. The van der Waals surface area contributed by atoms with Crippen molar-refractivity contribution in [1.82, 2.24) is 5.32 Å². The van der Waals surface area contributed by atoms with Gasteiger partial charge in [0.2, 0.25) is 0 Å². The Morgan fingerprint density at radius 1 is 0.913 bits per heavy atom. The molecule has 23 heavy (non-hydrogen) atoms. The van der Waals surface area contributed by atoms with Gasteiger partial charge in [-0.25, -0.2) is 0 Å². The fourth-order valence-corrected chi connectivity index (χ4v) is 2.96. The van der Waals surface area contributed by atoms with Crippen LogP contribution in [-0.4, -0.2) is 12.5 Å². The van der Waals surface area contributed by atoms with Gasteiger partial charge in [0.1, 0.15) is 0 Å². The molecule has 1 amide bonds. The van der Waals surface area contributed by atoms with Gasteiger partial charge in [-0.15, -0.1) is 0 Å². The third-order valence-corrected chi connectivity index (χ3v) is 4.55. The summed E-state index contributed by atoms with van der Waals surface area (Å²) in [6.45, 7) is 2.94. The average Bonchev–Trinajstić information content (AvgIpc) is 2.54. The van der Waals surface area contributed by atoms with Crippen molar-refractivity contribution in [2.75, 3.05) is 6.54 Å². The van der Waals surface area contributed by atoms with E-state index in [9.17, 15) is 4.79 Å². The van der Waals surface area contributed by atoms with Crippen LogP contribution in [0.25, 0.3) is 0 Å². The fourth-order valence-electron chi connectivity index (χ4n) is 2.58. The predicted octanol–water partition coefficient (Wildman–Crippen LogP) is 6.64. The molecule has 0 bridgehead atoms. The van der Waals surface area contributed by atoms with Crippen molar-refractivity contribution >= 4 is 29.1 Å². The maximum absolute atomic E-state index is 12.0. The van der Waals surface area contributed by atoms with Crippen molar-refractivity contribution < 1.29 is 4.79 Å². The zero-order chi connectivity index (χ0) is 16.9. The van der Waals surface area contributed by atoms with Crippen LogP contribution < -0.4 is 5.32 Å². The lowest BCUT2D eigenvalue weighted by Gasteiger charge is -2.07. The molecule has 0 atom stereocenters. The first-order valence-electron chi connectivity index (χ1n) is 8.88. The molecule has 130 valence electrons. The van der Waals surface area contributed by atoms with Crippen molar-refractivity contribution in [3.05, 3.63) is 33.8 Å². The van der Waals surface area contributed by atoms with E-state index in [1.807, 2.05) is 0 Å². The van der Waals surface area contributed by atoms with Gasteiger partial charge in [-0.3, -0.25) is 4.79 Å². The van der Waals surface area contributed by atoms with Gasteiger partial charge in [-0.1, -0.05) is 87.9 Å². The number of unbranched alkanes of at least 4 members (excludes halogenated alkanes) is 9. The summed E-state index contributed by atoms with van der Waals surface area (Å²) >= 11 is 11.9. The van der Waals surface area contributed by atoms with Gasteiger partial charge < -0.3 is 5.32 Å². The van der Waals surface area contributed by atoms with E-state index < -0.39 is 0 Å². The highest BCUT2D eigenvalue weighted by molar-refractivity contribution is 6.35. The largest absolute Gasteiger partial charge is 0.352 e. The molecule has 0 aliphatic rings. The van der Waals surface area contributed by atoms with E-state index >= 15 is 0 Å². The van der Waals surface area contributed by atoms with Crippen LogP contribution in [-0.2, 0) is 0 Å². The summed E-state index contributed by atoms with van der Waals surface area (Å²) in [7, 11) is 0. The standard InChI is InChI=1S/C19H29Cl2NO/c1-2-3-4-5-6-7-8-9-10-11-14-22-19(23)17-15-16(20)12-13-18(17)21/h12-13,15H,2-11,14H2,1H3,(H,22,23). The molecule has 0 saturated carbocycles. The van der Waals surface area contributed by atoms with Crippen molar-refractivity contribution in [3.8, 4) is 0 Å². The third-order valence-electron chi connectivity index (χ3n) is 3.99. The van der Waals surface area contributed by atoms with Gasteiger partial charge >= 0.3 is 0 Å². The molecule has 0 spiro atoms. The summed E-state index contributed by atoms with van der Waals surface area (Å²) in [6, 6.07) is 4.94.